The van der Waals surface area contributed by atoms with Gasteiger partial charge in [-0.2, -0.15) is 0 Å². The summed E-state index contributed by atoms with van der Waals surface area (Å²) in [6, 6.07) is 7.86. The standard InChI is InChI=1S/C9H10O2S/c1-12-9-5-3-2-4-8(9)6-11-7-10/h2-5,7H,6H2,1H3. The van der Waals surface area contributed by atoms with E-state index in [-0.39, 0.29) is 0 Å². The zero-order valence-corrected chi connectivity index (χ0v) is 7.64. The number of thioether (sulfide) groups is 1. The average Bonchev–Trinajstić information content (AvgIpc) is 2.15. The van der Waals surface area contributed by atoms with Crippen molar-refractivity contribution in [1.82, 2.24) is 0 Å². The quantitative estimate of drug-likeness (QED) is 0.527. The molecule has 0 aliphatic rings. The van der Waals surface area contributed by atoms with Gasteiger partial charge in [0.25, 0.3) is 6.47 Å². The van der Waals surface area contributed by atoms with Crippen molar-refractivity contribution in [3.63, 3.8) is 0 Å². The van der Waals surface area contributed by atoms with Crippen LogP contribution >= 0.6 is 11.8 Å². The number of rotatable bonds is 4. The van der Waals surface area contributed by atoms with Crippen LogP contribution in [-0.2, 0) is 16.1 Å². The first kappa shape index (κ1) is 9.13. The highest BCUT2D eigenvalue weighted by molar-refractivity contribution is 7.98. The van der Waals surface area contributed by atoms with E-state index >= 15 is 0 Å². The van der Waals surface area contributed by atoms with Crippen LogP contribution in [0.15, 0.2) is 29.2 Å². The fourth-order valence-electron chi connectivity index (χ4n) is 0.946. The third-order valence-corrected chi connectivity index (χ3v) is 2.34. The third kappa shape index (κ3) is 2.27. The Morgan fingerprint density at radius 1 is 1.50 bits per heavy atom. The molecule has 0 fully saturated rings. The van der Waals surface area contributed by atoms with Crippen molar-refractivity contribution < 1.29 is 9.53 Å². The summed E-state index contributed by atoms with van der Waals surface area (Å²) in [5, 5.41) is 0. The molecule has 0 unspecified atom stereocenters. The maximum absolute atomic E-state index is 9.95. The molecule has 0 bridgehead atoms. The predicted octanol–water partition coefficient (Wildman–Crippen LogP) is 2.08. The Bertz CT molecular complexity index is 260. The van der Waals surface area contributed by atoms with Crippen LogP contribution in [0, 0.1) is 0 Å². The van der Waals surface area contributed by atoms with Gasteiger partial charge in [-0.3, -0.25) is 4.79 Å². The van der Waals surface area contributed by atoms with Crippen molar-refractivity contribution in [3.05, 3.63) is 29.8 Å². The molecule has 0 amide bonds. The molecule has 1 rings (SSSR count). The lowest BCUT2D eigenvalue weighted by molar-refractivity contribution is -0.129. The lowest BCUT2D eigenvalue weighted by atomic mass is 10.2. The zero-order valence-electron chi connectivity index (χ0n) is 6.82. The van der Waals surface area contributed by atoms with Gasteiger partial charge in [0, 0.05) is 10.5 Å². The van der Waals surface area contributed by atoms with Crippen LogP contribution in [0.5, 0.6) is 0 Å². The predicted molar refractivity (Wildman–Crippen MR) is 49.1 cm³/mol. The van der Waals surface area contributed by atoms with Crippen LogP contribution in [0.3, 0.4) is 0 Å². The summed E-state index contributed by atoms with van der Waals surface area (Å²) in [6.45, 7) is 0.831. The molecule has 1 aromatic carbocycles. The molecule has 0 atom stereocenters. The Morgan fingerprint density at radius 2 is 2.25 bits per heavy atom. The lowest BCUT2D eigenvalue weighted by Crippen LogP contribution is -1.91. The first-order valence-electron chi connectivity index (χ1n) is 3.55. The number of carbonyl (C=O) groups is 1. The molecule has 3 heteroatoms. The molecule has 64 valence electrons. The highest BCUT2D eigenvalue weighted by Crippen LogP contribution is 2.19. The zero-order chi connectivity index (χ0) is 8.81. The summed E-state index contributed by atoms with van der Waals surface area (Å²) in [5.74, 6) is 0. The fourth-order valence-corrected chi connectivity index (χ4v) is 1.55. The molecule has 0 aliphatic carbocycles. The average molecular weight is 182 g/mol. The molecular weight excluding hydrogens is 172 g/mol. The van der Waals surface area contributed by atoms with Crippen molar-refractivity contribution in [3.8, 4) is 0 Å². The number of ether oxygens (including phenoxy) is 1. The Morgan fingerprint density at radius 3 is 2.92 bits per heavy atom. The Balaban J connectivity index is 2.74. The summed E-state index contributed by atoms with van der Waals surface area (Å²) in [6.07, 6.45) is 2.00. The van der Waals surface area contributed by atoms with Crippen LogP contribution in [0.2, 0.25) is 0 Å². The summed E-state index contributed by atoms with van der Waals surface area (Å²) in [4.78, 5) is 11.1. The number of hydrogen-bond donors (Lipinski definition) is 0. The molecule has 0 saturated carbocycles. The van der Waals surface area contributed by atoms with Crippen LogP contribution in [0.25, 0.3) is 0 Å². The van der Waals surface area contributed by atoms with Gasteiger partial charge in [-0.1, -0.05) is 18.2 Å². The highest BCUT2D eigenvalue weighted by atomic mass is 32.2. The Labute approximate surface area is 75.9 Å². The van der Waals surface area contributed by atoms with Crippen LogP contribution in [0.4, 0.5) is 0 Å². The van der Waals surface area contributed by atoms with Crippen molar-refractivity contribution in [2.75, 3.05) is 6.26 Å². The minimum Gasteiger partial charge on any atom is -0.463 e. The minimum atomic E-state index is 0.362. The second kappa shape index (κ2) is 4.83. The van der Waals surface area contributed by atoms with Gasteiger partial charge < -0.3 is 4.74 Å². The van der Waals surface area contributed by atoms with Gasteiger partial charge in [0.15, 0.2) is 0 Å². The Hall–Kier alpha value is -0.960. The van der Waals surface area contributed by atoms with Gasteiger partial charge in [-0.05, 0) is 12.3 Å². The Kier molecular flexibility index (Phi) is 3.67. The molecule has 0 N–H and O–H groups in total. The second-order valence-corrected chi connectivity index (χ2v) is 3.07. The monoisotopic (exact) mass is 182 g/mol. The molecular formula is C9H10O2S. The van der Waals surface area contributed by atoms with Crippen molar-refractivity contribution >= 4 is 18.2 Å². The smallest absolute Gasteiger partial charge is 0.293 e. The summed E-state index contributed by atoms with van der Waals surface area (Å²) in [5.41, 5.74) is 1.05. The van der Waals surface area contributed by atoms with Gasteiger partial charge in [-0.25, -0.2) is 0 Å². The van der Waals surface area contributed by atoms with Crippen molar-refractivity contribution in [1.29, 1.82) is 0 Å². The fraction of sp³-hybridized carbons (Fsp3) is 0.222. The van der Waals surface area contributed by atoms with E-state index in [4.69, 9.17) is 0 Å². The molecule has 0 aliphatic heterocycles. The van der Waals surface area contributed by atoms with Crippen LogP contribution in [-0.4, -0.2) is 12.7 Å². The molecule has 0 saturated heterocycles. The first-order chi connectivity index (χ1) is 5.88. The van der Waals surface area contributed by atoms with Gasteiger partial charge >= 0.3 is 0 Å². The summed E-state index contributed by atoms with van der Waals surface area (Å²) >= 11 is 1.65. The van der Waals surface area contributed by atoms with Crippen molar-refractivity contribution in [2.24, 2.45) is 0 Å². The number of benzene rings is 1. The van der Waals surface area contributed by atoms with E-state index in [1.165, 1.54) is 0 Å². The van der Waals surface area contributed by atoms with Crippen molar-refractivity contribution in [2.45, 2.75) is 11.5 Å². The largest absolute Gasteiger partial charge is 0.463 e. The van der Waals surface area contributed by atoms with E-state index in [0.29, 0.717) is 13.1 Å². The SMILES string of the molecule is CSc1ccccc1COC=O. The highest BCUT2D eigenvalue weighted by Gasteiger charge is 1.98. The van der Waals surface area contributed by atoms with Gasteiger partial charge in [0.1, 0.15) is 6.61 Å². The maximum atomic E-state index is 9.95. The van der Waals surface area contributed by atoms with E-state index in [1.54, 1.807) is 11.8 Å². The third-order valence-electron chi connectivity index (χ3n) is 1.50. The normalized spacial score (nSPS) is 9.42. The second-order valence-electron chi connectivity index (χ2n) is 2.22. The molecule has 1 aromatic rings. The maximum Gasteiger partial charge on any atom is 0.293 e. The van der Waals surface area contributed by atoms with E-state index in [9.17, 15) is 4.79 Å². The lowest BCUT2D eigenvalue weighted by Gasteiger charge is -2.04. The van der Waals surface area contributed by atoms with Gasteiger partial charge in [0.2, 0.25) is 0 Å². The molecule has 0 radical (unpaired) electrons. The van der Waals surface area contributed by atoms with Crippen LogP contribution < -0.4 is 0 Å². The van der Waals surface area contributed by atoms with E-state index in [0.717, 1.165) is 10.5 Å². The molecule has 0 heterocycles. The first-order valence-corrected chi connectivity index (χ1v) is 4.78. The van der Waals surface area contributed by atoms with E-state index in [2.05, 4.69) is 4.74 Å². The molecule has 0 spiro atoms. The van der Waals surface area contributed by atoms with Gasteiger partial charge in [0.05, 0.1) is 0 Å². The summed E-state index contributed by atoms with van der Waals surface area (Å²) < 4.78 is 4.67. The van der Waals surface area contributed by atoms with Gasteiger partial charge in [-0.15, -0.1) is 11.8 Å². The molecule has 12 heavy (non-hydrogen) atoms. The number of hydrogen-bond acceptors (Lipinski definition) is 3. The summed E-state index contributed by atoms with van der Waals surface area (Å²) in [7, 11) is 0. The number of carbonyl (C=O) groups excluding carboxylic acids is 1. The minimum absolute atomic E-state index is 0.362. The van der Waals surface area contributed by atoms with Crippen LogP contribution in [0.1, 0.15) is 5.56 Å². The molecule has 2 nitrogen and oxygen atoms in total. The molecule has 0 aromatic heterocycles. The van der Waals surface area contributed by atoms with E-state index in [1.807, 2.05) is 30.5 Å². The van der Waals surface area contributed by atoms with E-state index < -0.39 is 0 Å². The topological polar surface area (TPSA) is 26.3 Å².